The van der Waals surface area contributed by atoms with Gasteiger partial charge in [-0.15, -0.1) is 0 Å². The zero-order chi connectivity index (χ0) is 44.7. The fourth-order valence-electron chi connectivity index (χ4n) is 17.5. The number of carbonyl (C=O) groups excluding carboxylic acids is 2. The molecule has 8 aliphatic rings. The number of aliphatic hydroxyl groups excluding tert-OH is 2. The van der Waals surface area contributed by atoms with Crippen LogP contribution in [0.1, 0.15) is 119 Å². The van der Waals surface area contributed by atoms with Gasteiger partial charge < -0.3 is 14.3 Å². The van der Waals surface area contributed by atoms with Crippen molar-refractivity contribution in [3.05, 3.63) is 24.3 Å². The monoisotopic (exact) mass is 1130 g/mol. The average molecular weight is 1130 g/mol. The highest BCUT2D eigenvalue weighted by molar-refractivity contribution is 9.13. The van der Waals surface area contributed by atoms with Gasteiger partial charge >= 0.3 is 0 Å². The van der Waals surface area contributed by atoms with Gasteiger partial charge in [-0.05, 0) is 186 Å². The van der Waals surface area contributed by atoms with Crippen molar-refractivity contribution in [1.29, 1.82) is 0 Å². The zero-order valence-corrected chi connectivity index (χ0v) is 47.3. The number of Topliss-reactive ketones (excluding diaryl/α,β-unsaturated/α-hetero) is 2. The SMILES string of the molecule is CC(CC1CC(O)CC2(Br)C(Br)C[C@@H]3[C@@H](C=C[C@]4(C)C(=O)CC[C@@H]34)[C@@]12C)C[Si](C)(C)O[Si](C)(C)CC(C)CC1CC(O)CC2(Br)C(Br)C[C@@H]3[C@@H](C=C[C@]4(C)C(=O)CC[C@@H]34)[C@@]12C. The Morgan fingerprint density at radius 3 is 1.39 bits per heavy atom. The Hall–Kier alpha value is 1.05. The lowest BCUT2D eigenvalue weighted by Gasteiger charge is -2.66. The average Bonchev–Trinajstić information content (AvgIpc) is 3.61. The molecule has 2 N–H and O–H groups in total. The van der Waals surface area contributed by atoms with E-state index in [1.807, 2.05) is 0 Å². The smallest absolute Gasteiger partial charge is 0.173 e. The summed E-state index contributed by atoms with van der Waals surface area (Å²) >= 11 is 17.2. The maximum Gasteiger partial charge on any atom is 0.173 e. The molecule has 11 heteroatoms. The summed E-state index contributed by atoms with van der Waals surface area (Å²) in [6, 6.07) is 2.21. The van der Waals surface area contributed by atoms with Crippen molar-refractivity contribution in [3.8, 4) is 0 Å². The summed E-state index contributed by atoms with van der Waals surface area (Å²) in [5.74, 6) is 4.99. The molecule has 0 heterocycles. The number of alkyl halides is 4. The van der Waals surface area contributed by atoms with E-state index in [2.05, 4.69) is 156 Å². The van der Waals surface area contributed by atoms with Gasteiger partial charge in [-0.1, -0.05) is 116 Å². The van der Waals surface area contributed by atoms with E-state index in [-0.39, 0.29) is 52.2 Å². The van der Waals surface area contributed by atoms with E-state index < -0.39 is 16.6 Å². The van der Waals surface area contributed by atoms with Crippen molar-refractivity contribution >= 4 is 91.9 Å². The molecule has 8 aliphatic carbocycles. The molecule has 61 heavy (non-hydrogen) atoms. The molecule has 8 rings (SSSR count). The minimum atomic E-state index is -2.08. The molecule has 0 amide bonds. The molecule has 10 unspecified atom stereocenters. The van der Waals surface area contributed by atoms with E-state index in [1.54, 1.807) is 0 Å². The lowest BCUT2D eigenvalue weighted by Crippen LogP contribution is -2.66. The van der Waals surface area contributed by atoms with Gasteiger partial charge in [0.2, 0.25) is 0 Å². The first-order valence-corrected chi connectivity index (χ1v) is 34.0. The Labute approximate surface area is 405 Å². The molecule has 6 fully saturated rings. The normalized spacial score (nSPS) is 51.5. The second kappa shape index (κ2) is 16.3. The van der Waals surface area contributed by atoms with E-state index in [0.717, 1.165) is 76.3 Å². The van der Waals surface area contributed by atoms with Crippen LogP contribution in [0.2, 0.25) is 38.3 Å². The summed E-state index contributed by atoms with van der Waals surface area (Å²) in [6.07, 6.45) is 19.7. The molecule has 0 aliphatic heterocycles. The number of allylic oxidation sites excluding steroid dienone is 4. The van der Waals surface area contributed by atoms with Crippen LogP contribution in [0.5, 0.6) is 0 Å². The van der Waals surface area contributed by atoms with Gasteiger partial charge in [0.1, 0.15) is 11.6 Å². The van der Waals surface area contributed by atoms with E-state index in [9.17, 15) is 19.8 Å². The van der Waals surface area contributed by atoms with Gasteiger partial charge in [-0.2, -0.15) is 0 Å². The second-order valence-corrected chi connectivity index (χ2v) is 38.5. The fourth-order valence-corrected chi connectivity index (χ4v) is 32.4. The first-order chi connectivity index (χ1) is 28.1. The minimum absolute atomic E-state index is 0.0537. The molecule has 0 radical (unpaired) electrons. The van der Waals surface area contributed by atoms with Crippen molar-refractivity contribution in [3.63, 3.8) is 0 Å². The van der Waals surface area contributed by atoms with Crippen LogP contribution in [-0.4, -0.2) is 68.9 Å². The van der Waals surface area contributed by atoms with Crippen LogP contribution in [-0.2, 0) is 13.7 Å². The van der Waals surface area contributed by atoms with Crippen molar-refractivity contribution in [2.24, 2.45) is 80.8 Å². The molecule has 6 saturated carbocycles. The Bertz CT molecular complexity index is 1680. The quantitative estimate of drug-likeness (QED) is 0.129. The highest BCUT2D eigenvalue weighted by Crippen LogP contribution is 2.72. The molecule has 5 nitrogen and oxygen atoms in total. The van der Waals surface area contributed by atoms with Crippen LogP contribution in [0.4, 0.5) is 0 Å². The summed E-state index contributed by atoms with van der Waals surface area (Å²) in [4.78, 5) is 26.9. The number of rotatable bonds is 10. The van der Waals surface area contributed by atoms with Crippen molar-refractivity contribution in [2.75, 3.05) is 0 Å². The third-order valence-electron chi connectivity index (χ3n) is 20.0. The summed E-state index contributed by atoms with van der Waals surface area (Å²) in [5.41, 5.74) is -0.763. The molecular formula is C50H78Br4O5Si2. The summed E-state index contributed by atoms with van der Waals surface area (Å²) in [7, 11) is -4.16. The maximum atomic E-state index is 13.2. The highest BCUT2D eigenvalue weighted by atomic mass is 79.9. The van der Waals surface area contributed by atoms with Gasteiger partial charge in [0.15, 0.2) is 16.6 Å². The van der Waals surface area contributed by atoms with E-state index in [0.29, 0.717) is 83.6 Å². The molecule has 0 bridgehead atoms. The third-order valence-corrected chi connectivity index (χ3v) is 34.8. The standard InChI is InChI=1S/C50H78Br4O5Si2/c1-29(19-31-21-33(55)25-49(53)41(51)23-35-37-11-13-43(57)45(37,3)17-15-39(35)47(31,49)5)27-60(7,8)59-61(9,10)28-30(2)20-32-22-34(56)26-50(54)42(52)24-36-38-12-14-44(58)46(38,4)18-16-40(36)48(32,50)6/h15-18,29-42,55-56H,11-14,19-28H2,1-10H3/t29?,30?,31?,32?,33?,34?,35-,36-,37-,38-,39+,40+,41?,42?,45-,46-,47+,48+,49?,50?/m0/s1. The van der Waals surface area contributed by atoms with Gasteiger partial charge in [-0.25, -0.2) is 0 Å². The number of ketones is 2. The second-order valence-electron chi connectivity index (χ2n) is 24.8. The van der Waals surface area contributed by atoms with Gasteiger partial charge in [0.25, 0.3) is 0 Å². The number of hydrogen-bond donors (Lipinski definition) is 2. The lowest BCUT2D eigenvalue weighted by molar-refractivity contribution is -0.129. The Morgan fingerprint density at radius 1 is 0.672 bits per heavy atom. The predicted octanol–water partition coefficient (Wildman–Crippen LogP) is 13.2. The summed E-state index contributed by atoms with van der Waals surface area (Å²) in [5, 5.41) is 23.0. The maximum absolute atomic E-state index is 13.2. The van der Waals surface area contributed by atoms with E-state index >= 15 is 0 Å². The number of halogens is 4. The Kier molecular flexibility index (Phi) is 13.0. The zero-order valence-electron chi connectivity index (χ0n) is 38.9. The van der Waals surface area contributed by atoms with Crippen molar-refractivity contribution in [1.82, 2.24) is 0 Å². The summed E-state index contributed by atoms with van der Waals surface area (Å²) in [6.45, 7) is 24.2. The molecule has 0 aromatic rings. The molecule has 0 spiro atoms. The summed E-state index contributed by atoms with van der Waals surface area (Å²) < 4.78 is 7.07. The third kappa shape index (κ3) is 7.63. The molecule has 0 aromatic heterocycles. The Balaban J connectivity index is 0.955. The minimum Gasteiger partial charge on any atom is -0.455 e. The van der Waals surface area contributed by atoms with Crippen LogP contribution < -0.4 is 0 Å². The number of carbonyl (C=O) groups is 2. The topological polar surface area (TPSA) is 83.8 Å². The largest absolute Gasteiger partial charge is 0.455 e. The molecule has 20 atom stereocenters. The molecular weight excluding hydrogens is 1060 g/mol. The van der Waals surface area contributed by atoms with Crippen LogP contribution in [0.3, 0.4) is 0 Å². The van der Waals surface area contributed by atoms with Gasteiger partial charge in [0, 0.05) is 42.0 Å². The fraction of sp³-hybridized carbons (Fsp3) is 0.880. The lowest BCUT2D eigenvalue weighted by atomic mass is 9.43. The van der Waals surface area contributed by atoms with E-state index in [4.69, 9.17) is 4.12 Å². The highest BCUT2D eigenvalue weighted by Gasteiger charge is 2.70. The molecule has 0 saturated heterocycles. The number of fused-ring (bicyclic) bond motifs is 10. The van der Waals surface area contributed by atoms with Crippen LogP contribution in [0.25, 0.3) is 0 Å². The van der Waals surface area contributed by atoms with Crippen LogP contribution in [0, 0.1) is 80.8 Å². The van der Waals surface area contributed by atoms with Gasteiger partial charge in [0.05, 0.1) is 12.2 Å². The van der Waals surface area contributed by atoms with Crippen LogP contribution >= 0.6 is 63.7 Å². The predicted molar refractivity (Wildman–Crippen MR) is 269 cm³/mol. The van der Waals surface area contributed by atoms with Crippen LogP contribution in [0.15, 0.2) is 24.3 Å². The number of hydrogen-bond acceptors (Lipinski definition) is 5. The molecule has 0 aromatic carbocycles. The first kappa shape index (κ1) is 48.5. The number of aliphatic hydroxyl groups is 2. The van der Waals surface area contributed by atoms with Crippen molar-refractivity contribution in [2.45, 2.75) is 187 Å². The van der Waals surface area contributed by atoms with E-state index in [1.165, 1.54) is 0 Å². The first-order valence-electron chi connectivity index (χ1n) is 24.3. The Morgan fingerprint density at radius 2 is 1.03 bits per heavy atom. The van der Waals surface area contributed by atoms with Gasteiger partial charge in [-0.3, -0.25) is 9.59 Å². The van der Waals surface area contributed by atoms with Crippen molar-refractivity contribution < 1.29 is 23.9 Å². The molecule has 344 valence electrons.